The molecule has 3 aromatic heterocycles. The van der Waals surface area contributed by atoms with Crippen LogP contribution < -0.4 is 26.5 Å². The topological polar surface area (TPSA) is 87.7 Å². The highest BCUT2D eigenvalue weighted by Crippen LogP contribution is 2.34. The van der Waals surface area contributed by atoms with E-state index >= 15 is 0 Å². The average Bonchev–Trinajstić information content (AvgIpc) is 2.88. The van der Waals surface area contributed by atoms with E-state index in [0.717, 1.165) is 41.5 Å². The van der Waals surface area contributed by atoms with Gasteiger partial charge in [-0.2, -0.15) is 0 Å². The van der Waals surface area contributed by atoms with Crippen LogP contribution in [0.25, 0.3) is 23.0 Å². The second kappa shape index (κ2) is 11.0. The molecule has 1 saturated carbocycles. The van der Waals surface area contributed by atoms with Gasteiger partial charge in [0.15, 0.2) is 5.82 Å². The summed E-state index contributed by atoms with van der Waals surface area (Å²) in [6, 6.07) is 7.00. The molecule has 38 heavy (non-hydrogen) atoms. The van der Waals surface area contributed by atoms with Crippen LogP contribution in [0.15, 0.2) is 49.3 Å². The van der Waals surface area contributed by atoms with E-state index in [2.05, 4.69) is 52.4 Å². The Kier molecular flexibility index (Phi) is 7.51. The lowest BCUT2D eigenvalue weighted by molar-refractivity contribution is 0.236. The van der Waals surface area contributed by atoms with Crippen molar-refractivity contribution < 1.29 is 4.39 Å². The third-order valence-corrected chi connectivity index (χ3v) is 7.71. The molecule has 198 valence electrons. The number of hydrogen-bond donors (Lipinski definition) is 3. The minimum absolute atomic E-state index is 0.0669. The maximum absolute atomic E-state index is 13.3. The van der Waals surface area contributed by atoms with Gasteiger partial charge in [0.05, 0.1) is 11.5 Å². The van der Waals surface area contributed by atoms with Crippen molar-refractivity contribution in [3.63, 3.8) is 0 Å². The van der Waals surface area contributed by atoms with E-state index in [4.69, 9.17) is 9.97 Å². The summed E-state index contributed by atoms with van der Waals surface area (Å²) in [7, 11) is 0. The number of anilines is 3. The summed E-state index contributed by atoms with van der Waals surface area (Å²) in [5, 5.41) is 12.5. The van der Waals surface area contributed by atoms with Gasteiger partial charge in [-0.25, -0.2) is 24.3 Å². The number of hydrogen-bond acceptors (Lipinski definition) is 7. The van der Waals surface area contributed by atoms with Gasteiger partial charge >= 0.3 is 0 Å². The van der Waals surface area contributed by atoms with Crippen molar-refractivity contribution in [2.75, 3.05) is 23.7 Å². The Morgan fingerprint density at radius 2 is 1.97 bits per heavy atom. The molecule has 0 spiro atoms. The molecule has 2 aliphatic rings. The monoisotopic (exact) mass is 513 g/mol. The molecule has 0 bridgehead atoms. The Morgan fingerprint density at radius 3 is 2.63 bits per heavy atom. The number of nitrogens with zero attached hydrogens (tertiary/aromatic N) is 4. The molecule has 8 heteroatoms. The number of aromatic nitrogens is 4. The minimum atomic E-state index is -0.386. The van der Waals surface area contributed by atoms with Crippen molar-refractivity contribution in [1.82, 2.24) is 25.3 Å². The van der Waals surface area contributed by atoms with Gasteiger partial charge in [0.2, 0.25) is 0 Å². The van der Waals surface area contributed by atoms with E-state index in [0.29, 0.717) is 23.4 Å². The predicted octanol–water partition coefficient (Wildman–Crippen LogP) is 4.55. The molecule has 3 N–H and O–H groups in total. The SMILES string of the molecule is C=C/C(=c1/c(N[C@H]2CCNCC2(C)C)nc(-c2ccnc(Nc3ccc(F)cn3)c2)n/c1=C/C)C1CCC1. The standard InChI is InChI=1S/C30H36FN7/c1-5-22(19-8-7-9-19)27-23(6-2)35-28(38-29(27)36-24-13-14-32-18-30(24,3)4)20-12-15-33-26(16-20)37-25-11-10-21(31)17-34-25/h5-6,10-12,15-17,19,24,32H,1,7-9,13-14,18H2,2-4H3,(H,33,34,37)(H,35,36,38)/b23-6+,27-22-/t24-/m0/s1. The van der Waals surface area contributed by atoms with Crippen molar-refractivity contribution in [3.8, 4) is 11.4 Å². The lowest BCUT2D eigenvalue weighted by atomic mass is 9.78. The summed E-state index contributed by atoms with van der Waals surface area (Å²) in [4.78, 5) is 18.6. The maximum atomic E-state index is 13.3. The second-order valence-electron chi connectivity index (χ2n) is 10.8. The minimum Gasteiger partial charge on any atom is -0.366 e. The van der Waals surface area contributed by atoms with Crippen LogP contribution in [-0.4, -0.2) is 39.1 Å². The molecule has 1 aliphatic carbocycles. The van der Waals surface area contributed by atoms with Crippen LogP contribution in [0.2, 0.25) is 0 Å². The fourth-order valence-corrected chi connectivity index (χ4v) is 5.22. The van der Waals surface area contributed by atoms with Crippen molar-refractivity contribution in [2.24, 2.45) is 11.3 Å². The Bertz CT molecular complexity index is 1430. The van der Waals surface area contributed by atoms with Crippen LogP contribution in [0.1, 0.15) is 46.5 Å². The Labute approximate surface area is 223 Å². The Morgan fingerprint density at radius 1 is 1.13 bits per heavy atom. The molecule has 0 amide bonds. The number of nitrogens with one attached hydrogen (secondary N) is 3. The summed E-state index contributed by atoms with van der Waals surface area (Å²) >= 11 is 0. The number of allylic oxidation sites excluding steroid dienone is 1. The van der Waals surface area contributed by atoms with Gasteiger partial charge in [-0.05, 0) is 73.9 Å². The number of rotatable bonds is 7. The van der Waals surface area contributed by atoms with Gasteiger partial charge in [-0.15, -0.1) is 0 Å². The van der Waals surface area contributed by atoms with E-state index < -0.39 is 0 Å². The highest BCUT2D eigenvalue weighted by atomic mass is 19.1. The quantitative estimate of drug-likeness (QED) is 0.427. The normalized spacial score (nSPS) is 20.4. The number of pyridine rings is 2. The van der Waals surface area contributed by atoms with Crippen molar-refractivity contribution in [2.45, 2.75) is 52.5 Å². The zero-order valence-electron chi connectivity index (χ0n) is 22.4. The van der Waals surface area contributed by atoms with Gasteiger partial charge in [0, 0.05) is 29.6 Å². The van der Waals surface area contributed by atoms with Crippen LogP contribution in [0.4, 0.5) is 21.8 Å². The highest BCUT2D eigenvalue weighted by Gasteiger charge is 2.33. The van der Waals surface area contributed by atoms with Crippen LogP contribution in [0.5, 0.6) is 0 Å². The molecule has 0 unspecified atom stereocenters. The molecular weight excluding hydrogens is 477 g/mol. The molecule has 3 aromatic rings. The first kappa shape index (κ1) is 26.0. The first-order valence-electron chi connectivity index (χ1n) is 13.4. The molecule has 0 aromatic carbocycles. The third kappa shape index (κ3) is 5.45. The van der Waals surface area contributed by atoms with Gasteiger partial charge in [0.25, 0.3) is 0 Å². The van der Waals surface area contributed by atoms with Gasteiger partial charge < -0.3 is 16.0 Å². The molecule has 1 atom stereocenters. The average molecular weight is 514 g/mol. The Balaban J connectivity index is 1.61. The molecule has 4 heterocycles. The summed E-state index contributed by atoms with van der Waals surface area (Å²) in [6.45, 7) is 12.7. The maximum Gasteiger partial charge on any atom is 0.162 e. The Hall–Kier alpha value is -3.65. The fraction of sp³-hybridized carbons (Fsp3) is 0.400. The van der Waals surface area contributed by atoms with Crippen molar-refractivity contribution >= 4 is 29.1 Å². The first-order valence-corrected chi connectivity index (χ1v) is 13.4. The van der Waals surface area contributed by atoms with Crippen molar-refractivity contribution in [1.29, 1.82) is 0 Å². The summed E-state index contributed by atoms with van der Waals surface area (Å²) < 4.78 is 13.3. The molecule has 2 fully saturated rings. The predicted molar refractivity (Wildman–Crippen MR) is 152 cm³/mol. The first-order chi connectivity index (χ1) is 18.4. The van der Waals surface area contributed by atoms with Crippen LogP contribution in [0, 0.1) is 17.2 Å². The van der Waals surface area contributed by atoms with E-state index in [1.54, 1.807) is 12.3 Å². The summed E-state index contributed by atoms with van der Waals surface area (Å²) in [6.07, 6.45) is 11.5. The highest BCUT2D eigenvalue weighted by molar-refractivity contribution is 5.68. The number of piperidine rings is 1. The zero-order chi connectivity index (χ0) is 26.7. The molecule has 5 rings (SSSR count). The molecule has 1 saturated heterocycles. The number of halogens is 1. The largest absolute Gasteiger partial charge is 0.366 e. The van der Waals surface area contributed by atoms with Crippen molar-refractivity contribution in [3.05, 3.63) is 65.7 Å². The van der Waals surface area contributed by atoms with Gasteiger partial charge in [0.1, 0.15) is 23.3 Å². The summed E-state index contributed by atoms with van der Waals surface area (Å²) in [5.74, 6) is 2.67. The third-order valence-electron chi connectivity index (χ3n) is 7.71. The molecular formula is C30H36FN7. The van der Waals surface area contributed by atoms with Gasteiger partial charge in [-0.3, -0.25) is 0 Å². The van der Waals surface area contributed by atoms with Crippen LogP contribution >= 0.6 is 0 Å². The molecule has 1 aliphatic heterocycles. The van der Waals surface area contributed by atoms with E-state index in [9.17, 15) is 4.39 Å². The van der Waals surface area contributed by atoms with E-state index in [-0.39, 0.29) is 17.3 Å². The van der Waals surface area contributed by atoms with E-state index in [1.807, 2.05) is 25.1 Å². The van der Waals surface area contributed by atoms with Crippen LogP contribution in [0.3, 0.4) is 0 Å². The molecule has 0 radical (unpaired) electrons. The van der Waals surface area contributed by atoms with Crippen LogP contribution in [-0.2, 0) is 0 Å². The lowest BCUT2D eigenvalue weighted by Gasteiger charge is -2.40. The smallest absolute Gasteiger partial charge is 0.162 e. The zero-order valence-corrected chi connectivity index (χ0v) is 22.4. The second-order valence-corrected chi connectivity index (χ2v) is 10.8. The van der Waals surface area contributed by atoms with E-state index in [1.165, 1.54) is 37.1 Å². The lowest BCUT2D eigenvalue weighted by Crippen LogP contribution is -2.51. The molecule has 7 nitrogen and oxygen atoms in total. The van der Waals surface area contributed by atoms with Gasteiger partial charge in [-0.1, -0.05) is 39.0 Å². The summed E-state index contributed by atoms with van der Waals surface area (Å²) in [5.41, 5.74) is 2.12. The fourth-order valence-electron chi connectivity index (χ4n) is 5.22.